The van der Waals surface area contributed by atoms with Crippen LogP contribution in [0.1, 0.15) is 22.3 Å². The summed E-state index contributed by atoms with van der Waals surface area (Å²) in [6.45, 7) is 0. The Labute approximate surface area is 352 Å². The van der Waals surface area contributed by atoms with Crippen molar-refractivity contribution >= 4 is 22.7 Å². The minimum atomic E-state index is -0.504. The molecule has 0 saturated heterocycles. The van der Waals surface area contributed by atoms with Crippen LogP contribution in [-0.4, -0.2) is 19.9 Å². The molecular weight excluding hydrogens is 749 g/mol. The van der Waals surface area contributed by atoms with Crippen LogP contribution in [0, 0.1) is 0 Å². The standard InChI is InChI=1S/C55H34N4S/c1-3-13-37(14-4-1)52-57-53(38-15-5-2-6-16-38)59-54(58-52)40-28-30-48-51(34-40)60-50-33-39(35-23-25-36(26-24-35)41-31-32-56-49-22-12-9-19-44(41)49)27-29-47(50)55(48)45-20-10-7-17-42(45)43-18-8-11-21-46(43)55/h1-34H. The molecule has 8 aromatic carbocycles. The molecule has 10 aromatic rings. The average molecular weight is 783 g/mol. The van der Waals surface area contributed by atoms with E-state index in [0.717, 1.165) is 27.6 Å². The van der Waals surface area contributed by atoms with E-state index in [4.69, 9.17) is 15.0 Å². The molecule has 60 heavy (non-hydrogen) atoms. The molecule has 4 nitrogen and oxygen atoms in total. The number of fused-ring (bicyclic) bond motifs is 10. The zero-order chi connectivity index (χ0) is 39.6. The lowest BCUT2D eigenvalue weighted by atomic mass is 9.67. The van der Waals surface area contributed by atoms with Crippen molar-refractivity contribution in [2.24, 2.45) is 0 Å². The lowest BCUT2D eigenvalue weighted by molar-refractivity contribution is 0.722. The predicted molar refractivity (Wildman–Crippen MR) is 244 cm³/mol. The Morgan fingerprint density at radius 2 is 0.817 bits per heavy atom. The number of hydrogen-bond acceptors (Lipinski definition) is 5. The highest BCUT2D eigenvalue weighted by atomic mass is 32.2. The highest BCUT2D eigenvalue weighted by Crippen LogP contribution is 2.62. The largest absolute Gasteiger partial charge is 0.256 e. The monoisotopic (exact) mass is 782 g/mol. The molecule has 0 radical (unpaired) electrons. The van der Waals surface area contributed by atoms with Crippen molar-refractivity contribution in [3.8, 4) is 67.5 Å². The molecule has 12 rings (SSSR count). The van der Waals surface area contributed by atoms with Gasteiger partial charge in [-0.1, -0.05) is 188 Å². The first kappa shape index (κ1) is 34.6. The number of rotatable bonds is 5. The fourth-order valence-corrected chi connectivity index (χ4v) is 10.6. The van der Waals surface area contributed by atoms with E-state index in [-0.39, 0.29) is 0 Å². The number of hydrogen-bond donors (Lipinski definition) is 0. The summed E-state index contributed by atoms with van der Waals surface area (Å²) in [7, 11) is 0. The van der Waals surface area contributed by atoms with Gasteiger partial charge in [-0.3, -0.25) is 4.98 Å². The van der Waals surface area contributed by atoms with Crippen LogP contribution in [0.3, 0.4) is 0 Å². The van der Waals surface area contributed by atoms with Gasteiger partial charge < -0.3 is 0 Å². The maximum Gasteiger partial charge on any atom is 0.164 e. The summed E-state index contributed by atoms with van der Waals surface area (Å²) in [6.07, 6.45) is 1.90. The third-order valence-corrected chi connectivity index (χ3v) is 13.2. The van der Waals surface area contributed by atoms with Crippen molar-refractivity contribution in [3.63, 3.8) is 0 Å². The Balaban J connectivity index is 1.03. The zero-order valence-electron chi connectivity index (χ0n) is 32.3. The van der Waals surface area contributed by atoms with Gasteiger partial charge in [-0.25, -0.2) is 15.0 Å². The quantitative estimate of drug-likeness (QED) is 0.174. The number of benzene rings is 8. The van der Waals surface area contributed by atoms with Crippen molar-refractivity contribution in [2.75, 3.05) is 0 Å². The van der Waals surface area contributed by atoms with E-state index in [2.05, 4.69) is 163 Å². The number of pyridine rings is 1. The first-order valence-electron chi connectivity index (χ1n) is 20.2. The fourth-order valence-electron chi connectivity index (χ4n) is 9.36. The van der Waals surface area contributed by atoms with E-state index in [9.17, 15) is 0 Å². The van der Waals surface area contributed by atoms with Crippen molar-refractivity contribution in [3.05, 3.63) is 229 Å². The van der Waals surface area contributed by atoms with Crippen molar-refractivity contribution in [2.45, 2.75) is 15.2 Å². The maximum absolute atomic E-state index is 5.12. The predicted octanol–water partition coefficient (Wildman–Crippen LogP) is 13.6. The number of para-hydroxylation sites is 1. The summed E-state index contributed by atoms with van der Waals surface area (Å²) >= 11 is 1.83. The second kappa shape index (κ2) is 13.8. The summed E-state index contributed by atoms with van der Waals surface area (Å²) < 4.78 is 0. The van der Waals surface area contributed by atoms with Crippen LogP contribution in [-0.2, 0) is 5.41 Å². The molecule has 1 spiro atoms. The van der Waals surface area contributed by atoms with E-state index >= 15 is 0 Å². The summed E-state index contributed by atoms with van der Waals surface area (Å²) in [5.41, 5.74) is 15.8. The molecule has 2 aliphatic rings. The SMILES string of the molecule is c1ccc(-c2nc(-c3ccccc3)nc(-c3ccc4c(c3)Sc3cc(-c5ccc(-c6ccnc7ccccc67)cc5)ccc3C43c4ccccc4-c4ccccc43)n2)cc1. The van der Waals surface area contributed by atoms with Crippen LogP contribution in [0.5, 0.6) is 0 Å². The average Bonchev–Trinajstić information content (AvgIpc) is 3.62. The third kappa shape index (κ3) is 5.40. The second-order valence-electron chi connectivity index (χ2n) is 15.4. The van der Waals surface area contributed by atoms with Crippen LogP contribution < -0.4 is 0 Å². The molecule has 0 amide bonds. The maximum atomic E-state index is 5.12. The molecule has 0 atom stereocenters. The Hall–Kier alpha value is -7.47. The summed E-state index contributed by atoms with van der Waals surface area (Å²) in [5.74, 6) is 1.95. The first-order chi connectivity index (χ1) is 29.7. The molecule has 0 fully saturated rings. The molecule has 0 N–H and O–H groups in total. The van der Waals surface area contributed by atoms with Crippen LogP contribution in [0.4, 0.5) is 0 Å². The smallest absolute Gasteiger partial charge is 0.164 e. The van der Waals surface area contributed by atoms with Crippen LogP contribution in [0.25, 0.3) is 78.4 Å². The number of nitrogens with zero attached hydrogens (tertiary/aromatic N) is 4. The summed E-state index contributed by atoms with van der Waals surface area (Å²) in [5, 5.41) is 1.16. The first-order valence-corrected chi connectivity index (χ1v) is 21.0. The third-order valence-electron chi connectivity index (χ3n) is 12.1. The lowest BCUT2D eigenvalue weighted by Gasteiger charge is -2.40. The van der Waals surface area contributed by atoms with Gasteiger partial charge in [0.25, 0.3) is 0 Å². The van der Waals surface area contributed by atoms with Gasteiger partial charge in [0, 0.05) is 38.1 Å². The minimum absolute atomic E-state index is 0.504. The molecular formula is C55H34N4S. The van der Waals surface area contributed by atoms with Gasteiger partial charge in [0.05, 0.1) is 10.9 Å². The summed E-state index contributed by atoms with van der Waals surface area (Å²) in [4.78, 5) is 22.2. The van der Waals surface area contributed by atoms with Gasteiger partial charge in [0.1, 0.15) is 0 Å². The van der Waals surface area contributed by atoms with Crippen molar-refractivity contribution < 1.29 is 0 Å². The van der Waals surface area contributed by atoms with Crippen LogP contribution >= 0.6 is 11.8 Å². The molecule has 1 aliphatic carbocycles. The van der Waals surface area contributed by atoms with E-state index in [0.29, 0.717) is 17.5 Å². The Kier molecular flexibility index (Phi) is 7.97. The van der Waals surface area contributed by atoms with Crippen molar-refractivity contribution in [1.29, 1.82) is 0 Å². The zero-order valence-corrected chi connectivity index (χ0v) is 33.1. The Morgan fingerprint density at radius 1 is 0.333 bits per heavy atom. The topological polar surface area (TPSA) is 51.6 Å². The molecule has 0 bridgehead atoms. The van der Waals surface area contributed by atoms with Gasteiger partial charge in [-0.05, 0) is 79.9 Å². The molecule has 0 unspecified atom stereocenters. The lowest BCUT2D eigenvalue weighted by Crippen LogP contribution is -2.32. The van der Waals surface area contributed by atoms with Gasteiger partial charge >= 0.3 is 0 Å². The Bertz CT molecular complexity index is 3180. The van der Waals surface area contributed by atoms with E-state index < -0.39 is 5.41 Å². The molecule has 3 heterocycles. The van der Waals surface area contributed by atoms with E-state index in [1.165, 1.54) is 65.4 Å². The number of aromatic nitrogens is 4. The minimum Gasteiger partial charge on any atom is -0.256 e. The molecule has 5 heteroatoms. The van der Waals surface area contributed by atoms with Gasteiger partial charge in [-0.2, -0.15) is 0 Å². The molecule has 2 aromatic heterocycles. The molecule has 280 valence electrons. The van der Waals surface area contributed by atoms with Crippen LogP contribution in [0.15, 0.2) is 216 Å². The summed E-state index contributed by atoms with van der Waals surface area (Å²) in [6, 6.07) is 71.6. The van der Waals surface area contributed by atoms with Crippen molar-refractivity contribution in [1.82, 2.24) is 19.9 Å². The van der Waals surface area contributed by atoms with Gasteiger partial charge in [0.15, 0.2) is 17.5 Å². The fraction of sp³-hybridized carbons (Fsp3) is 0.0182. The normalized spacial score (nSPS) is 13.1. The van der Waals surface area contributed by atoms with Crippen LogP contribution in [0.2, 0.25) is 0 Å². The van der Waals surface area contributed by atoms with Gasteiger partial charge in [-0.15, -0.1) is 0 Å². The van der Waals surface area contributed by atoms with Gasteiger partial charge in [0.2, 0.25) is 0 Å². The molecule has 1 aliphatic heterocycles. The van der Waals surface area contributed by atoms with E-state index in [1.807, 2.05) is 60.4 Å². The van der Waals surface area contributed by atoms with E-state index in [1.54, 1.807) is 0 Å². The second-order valence-corrected chi connectivity index (χ2v) is 16.4. The molecule has 0 saturated carbocycles. The highest BCUT2D eigenvalue weighted by Gasteiger charge is 2.50. The highest BCUT2D eigenvalue weighted by molar-refractivity contribution is 7.99. The Morgan fingerprint density at radius 3 is 1.45 bits per heavy atom.